The number of halogens is 1. The number of hydrogen-bond donors (Lipinski definition) is 0. The average molecular weight is 303 g/mol. The molecule has 2 atom stereocenters. The Morgan fingerprint density at radius 2 is 1.88 bits per heavy atom. The highest BCUT2D eigenvalue weighted by atomic mass is 79.9. The fourth-order valence-corrected chi connectivity index (χ4v) is 2.01. The van der Waals surface area contributed by atoms with Crippen molar-refractivity contribution in [3.05, 3.63) is 11.1 Å². The predicted molar refractivity (Wildman–Crippen MR) is 74.0 cm³/mol. The quantitative estimate of drug-likeness (QED) is 0.804. The maximum absolute atomic E-state index is 5.31. The van der Waals surface area contributed by atoms with Crippen molar-refractivity contribution in [1.29, 1.82) is 0 Å². The normalized spacial score (nSPS) is 24.1. The lowest BCUT2D eigenvalue weighted by Gasteiger charge is -2.26. The minimum Gasteiger partial charge on any atom is -0.483 e. The van der Waals surface area contributed by atoms with Crippen LogP contribution in [0.3, 0.4) is 0 Å². The van der Waals surface area contributed by atoms with E-state index in [1.54, 1.807) is 14.2 Å². The van der Waals surface area contributed by atoms with Crippen molar-refractivity contribution in [1.82, 2.24) is 0 Å². The molecule has 96 valence electrons. The van der Waals surface area contributed by atoms with Crippen LogP contribution in [0, 0.1) is 5.92 Å². The van der Waals surface area contributed by atoms with Crippen molar-refractivity contribution >= 4 is 27.7 Å². The molecule has 0 spiro atoms. The minimum atomic E-state index is -0.142. The smallest absolute Gasteiger partial charge is 0.209 e. The Balaban J connectivity index is 2.97. The van der Waals surface area contributed by atoms with E-state index < -0.39 is 0 Å². The molecule has 1 aliphatic heterocycles. The minimum absolute atomic E-state index is 0.0604. The lowest BCUT2D eigenvalue weighted by molar-refractivity contribution is 0.333. The second kappa shape index (κ2) is 6.19. The van der Waals surface area contributed by atoms with Crippen LogP contribution < -0.4 is 0 Å². The number of rotatable bonds is 3. The molecular weight excluding hydrogens is 284 g/mol. The van der Waals surface area contributed by atoms with E-state index >= 15 is 0 Å². The highest BCUT2D eigenvalue weighted by Gasteiger charge is 2.30. The van der Waals surface area contributed by atoms with E-state index in [4.69, 9.17) is 9.47 Å². The Hall–Kier alpha value is -0.840. The first kappa shape index (κ1) is 14.2. The average Bonchev–Trinajstić information content (AvgIpc) is 2.27. The van der Waals surface area contributed by atoms with E-state index in [0.717, 1.165) is 4.48 Å². The Morgan fingerprint density at radius 3 is 2.29 bits per heavy atom. The molecule has 0 radical (unpaired) electrons. The lowest BCUT2D eigenvalue weighted by atomic mass is 10.0. The summed E-state index contributed by atoms with van der Waals surface area (Å²) in [5, 5.41) is 0. The highest BCUT2D eigenvalue weighted by Crippen LogP contribution is 2.22. The van der Waals surface area contributed by atoms with Crippen LogP contribution in [0.15, 0.2) is 21.0 Å². The van der Waals surface area contributed by atoms with Crippen molar-refractivity contribution in [2.75, 3.05) is 14.2 Å². The van der Waals surface area contributed by atoms with Gasteiger partial charge in [-0.25, -0.2) is 9.98 Å². The van der Waals surface area contributed by atoms with Gasteiger partial charge in [0.1, 0.15) is 12.1 Å². The number of aliphatic imine (C=N–C) groups is 2. The molecule has 0 amide bonds. The van der Waals surface area contributed by atoms with Crippen LogP contribution in [0.1, 0.15) is 20.3 Å². The van der Waals surface area contributed by atoms with Gasteiger partial charge >= 0.3 is 0 Å². The standard InChI is InChI=1S/C12H19BrN2O2/c1-7(2)10-12(17-5)14-9(6-8(3)13)11(15-10)16-4/h7,9-10H,3,6H2,1-2,4-5H3/t9-,10+/m1/s1. The topological polar surface area (TPSA) is 43.2 Å². The summed E-state index contributed by atoms with van der Waals surface area (Å²) in [7, 11) is 3.25. The van der Waals surface area contributed by atoms with E-state index in [-0.39, 0.29) is 12.1 Å². The third-order valence-corrected chi connectivity index (χ3v) is 2.88. The maximum Gasteiger partial charge on any atom is 0.209 e. The molecule has 17 heavy (non-hydrogen) atoms. The van der Waals surface area contributed by atoms with E-state index in [1.807, 2.05) is 0 Å². The fourth-order valence-electron chi connectivity index (χ4n) is 1.70. The fraction of sp³-hybridized carbons (Fsp3) is 0.667. The van der Waals surface area contributed by atoms with Gasteiger partial charge in [0.05, 0.1) is 14.2 Å². The summed E-state index contributed by atoms with van der Waals surface area (Å²) in [6.45, 7) is 7.99. The number of ether oxygens (including phenoxy) is 2. The second-order valence-corrected chi connectivity index (χ2v) is 5.39. The predicted octanol–water partition coefficient (Wildman–Crippen LogP) is 2.78. The van der Waals surface area contributed by atoms with Crippen molar-refractivity contribution in [2.24, 2.45) is 15.9 Å². The van der Waals surface area contributed by atoms with Gasteiger partial charge in [-0.05, 0) is 10.4 Å². The number of methoxy groups -OCH3 is 2. The molecule has 0 fully saturated rings. The molecule has 0 aromatic rings. The molecule has 4 nitrogen and oxygen atoms in total. The largest absolute Gasteiger partial charge is 0.483 e. The molecule has 0 N–H and O–H groups in total. The van der Waals surface area contributed by atoms with Crippen LogP contribution in [-0.2, 0) is 9.47 Å². The molecule has 0 saturated heterocycles. The van der Waals surface area contributed by atoms with Gasteiger partial charge in [-0.1, -0.05) is 36.4 Å². The van der Waals surface area contributed by atoms with Crippen LogP contribution >= 0.6 is 15.9 Å². The highest BCUT2D eigenvalue weighted by molar-refractivity contribution is 9.11. The van der Waals surface area contributed by atoms with E-state index in [9.17, 15) is 0 Å². The lowest BCUT2D eigenvalue weighted by Crippen LogP contribution is -2.37. The molecule has 1 heterocycles. The van der Waals surface area contributed by atoms with Crippen LogP contribution in [0.2, 0.25) is 0 Å². The van der Waals surface area contributed by atoms with Gasteiger partial charge in [0.2, 0.25) is 11.8 Å². The van der Waals surface area contributed by atoms with Gasteiger partial charge < -0.3 is 9.47 Å². The van der Waals surface area contributed by atoms with E-state index in [1.165, 1.54) is 0 Å². The Bertz CT molecular complexity index is 350. The zero-order valence-electron chi connectivity index (χ0n) is 10.7. The molecule has 5 heteroatoms. The summed E-state index contributed by atoms with van der Waals surface area (Å²) in [6.07, 6.45) is 0.657. The van der Waals surface area contributed by atoms with Gasteiger partial charge in [0, 0.05) is 6.42 Å². The van der Waals surface area contributed by atoms with Crippen molar-refractivity contribution < 1.29 is 9.47 Å². The molecule has 1 rings (SSSR count). The second-order valence-electron chi connectivity index (χ2n) is 4.27. The first-order valence-corrected chi connectivity index (χ1v) is 6.35. The zero-order chi connectivity index (χ0) is 13.0. The van der Waals surface area contributed by atoms with Crippen LogP contribution in [0.4, 0.5) is 0 Å². The van der Waals surface area contributed by atoms with Crippen LogP contribution in [0.5, 0.6) is 0 Å². The summed E-state index contributed by atoms with van der Waals surface area (Å²) < 4.78 is 11.5. The number of hydrogen-bond acceptors (Lipinski definition) is 4. The molecule has 0 aliphatic carbocycles. The van der Waals surface area contributed by atoms with Crippen molar-refractivity contribution in [3.63, 3.8) is 0 Å². The SMILES string of the molecule is C=C(Br)C[C@H]1N=C(OC)[C@H](C(C)C)N=C1OC. The number of nitrogens with zero attached hydrogens (tertiary/aromatic N) is 2. The van der Waals surface area contributed by atoms with Crippen LogP contribution in [-0.4, -0.2) is 38.1 Å². The third-order valence-electron chi connectivity index (χ3n) is 2.55. The van der Waals surface area contributed by atoms with Crippen molar-refractivity contribution in [3.8, 4) is 0 Å². The Morgan fingerprint density at radius 1 is 1.29 bits per heavy atom. The summed E-state index contributed by atoms with van der Waals surface area (Å²) in [6, 6.07) is -0.202. The molecule has 0 saturated carbocycles. The monoisotopic (exact) mass is 302 g/mol. The van der Waals surface area contributed by atoms with Gasteiger partial charge in [0.25, 0.3) is 0 Å². The summed E-state index contributed by atoms with van der Waals surface area (Å²) in [5.41, 5.74) is 0. The van der Waals surface area contributed by atoms with Crippen molar-refractivity contribution in [2.45, 2.75) is 32.4 Å². The first-order valence-electron chi connectivity index (χ1n) is 5.56. The van der Waals surface area contributed by atoms with Gasteiger partial charge in [-0.15, -0.1) is 0 Å². The third kappa shape index (κ3) is 3.56. The maximum atomic E-state index is 5.31. The van der Waals surface area contributed by atoms with E-state index in [0.29, 0.717) is 24.1 Å². The van der Waals surface area contributed by atoms with Crippen LogP contribution in [0.25, 0.3) is 0 Å². The molecule has 0 aromatic carbocycles. The molecule has 0 unspecified atom stereocenters. The van der Waals surface area contributed by atoms with Gasteiger partial charge in [-0.3, -0.25) is 0 Å². The van der Waals surface area contributed by atoms with E-state index in [2.05, 4.69) is 46.3 Å². The molecule has 0 aromatic heterocycles. The summed E-state index contributed by atoms with van der Waals surface area (Å²) in [4.78, 5) is 9.11. The van der Waals surface area contributed by atoms with Gasteiger partial charge in [-0.2, -0.15) is 0 Å². The molecule has 0 bridgehead atoms. The Labute approximate surface area is 111 Å². The van der Waals surface area contributed by atoms with Gasteiger partial charge in [0.15, 0.2) is 0 Å². The Kier molecular flexibility index (Phi) is 5.18. The zero-order valence-corrected chi connectivity index (χ0v) is 12.3. The molecule has 1 aliphatic rings. The molecular formula is C12H19BrN2O2. The summed E-state index contributed by atoms with van der Waals surface area (Å²) in [5.74, 6) is 1.64. The summed E-state index contributed by atoms with van der Waals surface area (Å²) >= 11 is 3.34. The first-order chi connectivity index (χ1) is 7.99.